The van der Waals surface area contributed by atoms with Crippen molar-refractivity contribution in [3.05, 3.63) is 70.3 Å². The first-order valence-electron chi connectivity index (χ1n) is 14.3. The normalized spacial score (nSPS) is 16.5. The molecular weight excluding hydrogens is 476 g/mol. The molecule has 0 aliphatic heterocycles. The van der Waals surface area contributed by atoms with Crippen LogP contribution in [-0.4, -0.2) is 39.6 Å². The molecule has 3 rings (SSSR count). The Morgan fingerprint density at radius 3 is 2.24 bits per heavy atom. The third-order valence-electron chi connectivity index (χ3n) is 8.41. The van der Waals surface area contributed by atoms with E-state index in [1.807, 2.05) is 19.1 Å². The molecule has 208 valence electrons. The van der Waals surface area contributed by atoms with Gasteiger partial charge in [0.15, 0.2) is 0 Å². The molecule has 5 heteroatoms. The Morgan fingerprint density at radius 1 is 1.03 bits per heavy atom. The molecular formula is C33H46O5. The molecule has 1 aliphatic rings. The summed E-state index contributed by atoms with van der Waals surface area (Å²) in [7, 11) is 0. The topological polar surface area (TPSA) is 87.0 Å². The average molecular weight is 523 g/mol. The van der Waals surface area contributed by atoms with Crippen molar-refractivity contribution in [2.24, 2.45) is 0 Å². The highest BCUT2D eigenvalue weighted by Crippen LogP contribution is 2.41. The van der Waals surface area contributed by atoms with E-state index in [0.717, 1.165) is 55.4 Å². The van der Waals surface area contributed by atoms with Crippen LogP contribution in [0.4, 0.5) is 0 Å². The zero-order chi connectivity index (χ0) is 27.8. The molecule has 1 aliphatic carbocycles. The van der Waals surface area contributed by atoms with Crippen molar-refractivity contribution in [2.75, 3.05) is 6.61 Å². The van der Waals surface area contributed by atoms with Crippen LogP contribution in [0, 0.1) is 13.8 Å². The number of benzene rings is 2. The average Bonchev–Trinajstić information content (AvgIpc) is 2.89. The van der Waals surface area contributed by atoms with Crippen LogP contribution in [0.25, 0.3) is 6.08 Å². The molecule has 1 atom stereocenters. The van der Waals surface area contributed by atoms with Gasteiger partial charge in [-0.3, -0.25) is 4.79 Å². The Hall–Kier alpha value is -2.63. The van der Waals surface area contributed by atoms with E-state index in [0.29, 0.717) is 12.8 Å². The van der Waals surface area contributed by atoms with Crippen LogP contribution < -0.4 is 4.74 Å². The molecule has 0 amide bonds. The van der Waals surface area contributed by atoms with Crippen LogP contribution in [0.3, 0.4) is 0 Å². The summed E-state index contributed by atoms with van der Waals surface area (Å²) in [4.78, 5) is 10.7. The molecule has 0 spiro atoms. The number of rotatable bonds is 13. The van der Waals surface area contributed by atoms with E-state index in [9.17, 15) is 15.0 Å². The predicted molar refractivity (Wildman–Crippen MR) is 154 cm³/mol. The molecule has 0 saturated heterocycles. The highest BCUT2D eigenvalue weighted by molar-refractivity contribution is 5.66. The number of hydrogen-bond acceptors (Lipinski definition) is 4. The Labute approximate surface area is 228 Å². The molecule has 0 radical (unpaired) electrons. The van der Waals surface area contributed by atoms with Gasteiger partial charge < -0.3 is 20.1 Å². The Bertz CT molecular complexity index is 1090. The molecule has 1 saturated carbocycles. The van der Waals surface area contributed by atoms with Crippen LogP contribution in [0.5, 0.6) is 5.75 Å². The molecule has 0 heterocycles. The Morgan fingerprint density at radius 2 is 1.66 bits per heavy atom. The number of aryl methyl sites for hydroxylation is 2. The molecule has 0 aromatic heterocycles. The summed E-state index contributed by atoms with van der Waals surface area (Å²) >= 11 is 0. The van der Waals surface area contributed by atoms with Gasteiger partial charge in [-0.2, -0.15) is 0 Å². The number of carboxylic acid groups (broad SMARTS) is 1. The number of hydrogen-bond donors (Lipinski definition) is 3. The van der Waals surface area contributed by atoms with Crippen LogP contribution in [0.1, 0.15) is 106 Å². The van der Waals surface area contributed by atoms with E-state index in [4.69, 9.17) is 9.84 Å². The Kier molecular flexibility index (Phi) is 10.6. The van der Waals surface area contributed by atoms with Crippen LogP contribution in [0.15, 0.2) is 42.5 Å². The van der Waals surface area contributed by atoms with Gasteiger partial charge in [0.1, 0.15) is 12.4 Å². The lowest BCUT2D eigenvalue weighted by Gasteiger charge is -2.34. The van der Waals surface area contributed by atoms with Crippen molar-refractivity contribution in [2.45, 2.75) is 109 Å². The van der Waals surface area contributed by atoms with Gasteiger partial charge in [0.25, 0.3) is 0 Å². The summed E-state index contributed by atoms with van der Waals surface area (Å²) < 4.78 is 5.89. The number of aliphatic hydroxyl groups is 2. The fourth-order valence-electron chi connectivity index (χ4n) is 5.84. The smallest absolute Gasteiger partial charge is 0.303 e. The fraction of sp³-hybridized carbons (Fsp3) is 0.545. The summed E-state index contributed by atoms with van der Waals surface area (Å²) in [6.07, 6.45) is 11.3. The van der Waals surface area contributed by atoms with Crippen LogP contribution >= 0.6 is 0 Å². The maximum Gasteiger partial charge on any atom is 0.303 e. The molecule has 2 aromatic rings. The quantitative estimate of drug-likeness (QED) is 0.261. The Balaban J connectivity index is 1.77. The highest BCUT2D eigenvalue weighted by atomic mass is 16.5. The largest absolute Gasteiger partial charge is 0.491 e. The van der Waals surface area contributed by atoms with Crippen LogP contribution in [0.2, 0.25) is 0 Å². The van der Waals surface area contributed by atoms with E-state index in [-0.39, 0.29) is 18.4 Å². The maximum atomic E-state index is 10.9. The summed E-state index contributed by atoms with van der Waals surface area (Å²) in [5.41, 5.74) is 5.10. The zero-order valence-electron chi connectivity index (χ0n) is 23.6. The SMILES string of the molecule is CCC(CC)(c1ccc(C=CC2(O)CCCCC2)c(C)c1)c1ccc(OC[C@@H](O)CCCC(=O)O)c(C)c1. The minimum absolute atomic E-state index is 0.0554. The van der Waals surface area contributed by atoms with Gasteiger partial charge in [-0.05, 0) is 86.3 Å². The van der Waals surface area contributed by atoms with Gasteiger partial charge in [-0.1, -0.05) is 75.6 Å². The van der Waals surface area contributed by atoms with Gasteiger partial charge >= 0.3 is 5.97 Å². The van der Waals surface area contributed by atoms with E-state index in [2.05, 4.69) is 57.2 Å². The predicted octanol–water partition coefficient (Wildman–Crippen LogP) is 7.11. The fourth-order valence-corrected chi connectivity index (χ4v) is 5.84. The second-order valence-electron chi connectivity index (χ2n) is 11.1. The number of ether oxygens (including phenoxy) is 1. The molecule has 5 nitrogen and oxygen atoms in total. The zero-order valence-corrected chi connectivity index (χ0v) is 23.6. The second kappa shape index (κ2) is 13.4. The summed E-state index contributed by atoms with van der Waals surface area (Å²) in [6.45, 7) is 8.79. The van der Waals surface area contributed by atoms with E-state index >= 15 is 0 Å². The van der Waals surface area contributed by atoms with Gasteiger partial charge in [-0.15, -0.1) is 0 Å². The lowest BCUT2D eigenvalue weighted by molar-refractivity contribution is -0.137. The summed E-state index contributed by atoms with van der Waals surface area (Å²) in [5, 5.41) is 29.8. The lowest BCUT2D eigenvalue weighted by Crippen LogP contribution is -2.28. The number of carboxylic acids is 1. The van der Waals surface area contributed by atoms with Crippen molar-refractivity contribution in [1.82, 2.24) is 0 Å². The first-order valence-corrected chi connectivity index (χ1v) is 14.3. The maximum absolute atomic E-state index is 10.9. The first kappa shape index (κ1) is 29.9. The minimum atomic E-state index is -0.848. The van der Waals surface area contributed by atoms with E-state index in [1.165, 1.54) is 23.1 Å². The highest BCUT2D eigenvalue weighted by Gasteiger charge is 2.31. The van der Waals surface area contributed by atoms with Gasteiger partial charge in [0.2, 0.25) is 0 Å². The lowest BCUT2D eigenvalue weighted by atomic mass is 9.70. The number of aliphatic carboxylic acids is 1. The van der Waals surface area contributed by atoms with Gasteiger partial charge in [0, 0.05) is 11.8 Å². The van der Waals surface area contributed by atoms with Crippen molar-refractivity contribution in [1.29, 1.82) is 0 Å². The number of aliphatic hydroxyl groups excluding tert-OH is 1. The molecule has 0 bridgehead atoms. The van der Waals surface area contributed by atoms with Gasteiger partial charge in [0.05, 0.1) is 11.7 Å². The molecule has 0 unspecified atom stereocenters. The minimum Gasteiger partial charge on any atom is -0.491 e. The molecule has 38 heavy (non-hydrogen) atoms. The van der Waals surface area contributed by atoms with Crippen molar-refractivity contribution in [3.63, 3.8) is 0 Å². The monoisotopic (exact) mass is 522 g/mol. The molecule has 3 N–H and O–H groups in total. The third kappa shape index (κ3) is 7.48. The van der Waals surface area contributed by atoms with Crippen molar-refractivity contribution >= 4 is 12.0 Å². The summed E-state index contributed by atoms with van der Waals surface area (Å²) in [6, 6.07) is 13.0. The first-order chi connectivity index (χ1) is 18.1. The van der Waals surface area contributed by atoms with E-state index < -0.39 is 17.7 Å². The summed E-state index contributed by atoms with van der Waals surface area (Å²) in [5.74, 6) is -0.108. The van der Waals surface area contributed by atoms with E-state index in [1.54, 1.807) is 0 Å². The molecule has 2 aromatic carbocycles. The standard InChI is InChI=1S/C33H46O5/c1-5-33(6-2,27-14-13-26(24(3)21-27)17-20-32(37)18-8-7-9-19-32)28-15-16-30(25(4)22-28)38-23-29(34)11-10-12-31(35)36/h13-17,20-22,29,34,37H,5-12,18-19,23H2,1-4H3,(H,35,36)/t29-/m0/s1. The molecule has 1 fully saturated rings. The second-order valence-corrected chi connectivity index (χ2v) is 11.1. The van der Waals surface area contributed by atoms with Crippen molar-refractivity contribution in [3.8, 4) is 5.75 Å². The number of carbonyl (C=O) groups is 1. The van der Waals surface area contributed by atoms with Crippen LogP contribution in [-0.2, 0) is 10.2 Å². The van der Waals surface area contributed by atoms with Crippen molar-refractivity contribution < 1.29 is 24.9 Å². The van der Waals surface area contributed by atoms with Gasteiger partial charge in [-0.25, -0.2) is 0 Å². The third-order valence-corrected chi connectivity index (χ3v) is 8.41.